The highest BCUT2D eigenvalue weighted by Gasteiger charge is 1.99. The van der Waals surface area contributed by atoms with Crippen LogP contribution in [0.25, 0.3) is 0 Å². The third-order valence-corrected chi connectivity index (χ3v) is 3.72. The summed E-state index contributed by atoms with van der Waals surface area (Å²) in [6.07, 6.45) is 0. The number of rotatable bonds is 6. The van der Waals surface area contributed by atoms with Crippen LogP contribution in [0.2, 0.25) is 0 Å². The Labute approximate surface area is 141 Å². The number of hydrogen-bond acceptors (Lipinski definition) is 4. The Hall–Kier alpha value is -3.14. The monoisotopic (exact) mass is 320 g/mol. The van der Waals surface area contributed by atoms with Gasteiger partial charge in [-0.25, -0.2) is 0 Å². The van der Waals surface area contributed by atoms with Gasteiger partial charge in [-0.15, -0.1) is 0 Å². The summed E-state index contributed by atoms with van der Waals surface area (Å²) in [5.41, 5.74) is 4.32. The molecule has 24 heavy (non-hydrogen) atoms. The Kier molecular flexibility index (Phi) is 4.87. The van der Waals surface area contributed by atoms with Gasteiger partial charge in [0.15, 0.2) is 0 Å². The maximum absolute atomic E-state index is 9.30. The third-order valence-electron chi connectivity index (χ3n) is 3.72. The van der Waals surface area contributed by atoms with Gasteiger partial charge in [0.1, 0.15) is 11.5 Å². The van der Waals surface area contributed by atoms with E-state index in [1.165, 1.54) is 11.1 Å². The first-order chi connectivity index (χ1) is 11.7. The maximum atomic E-state index is 9.30. The number of aromatic hydroxyl groups is 2. The zero-order chi connectivity index (χ0) is 16.8. The first-order valence-corrected chi connectivity index (χ1v) is 7.83. The van der Waals surface area contributed by atoms with Crippen LogP contribution in [0.5, 0.6) is 11.5 Å². The second kappa shape index (κ2) is 7.42. The van der Waals surface area contributed by atoms with Gasteiger partial charge in [-0.1, -0.05) is 24.3 Å². The molecule has 3 aromatic rings. The minimum absolute atomic E-state index is 0.267. The van der Waals surface area contributed by atoms with Gasteiger partial charge < -0.3 is 20.8 Å². The number of hydrogen-bond donors (Lipinski definition) is 4. The zero-order valence-electron chi connectivity index (χ0n) is 13.2. The molecule has 4 N–H and O–H groups in total. The number of phenolic OH excluding ortho intramolecular Hbond substituents is 2. The number of nitrogens with one attached hydrogen (secondary N) is 2. The van der Waals surface area contributed by atoms with E-state index in [1.54, 1.807) is 24.3 Å². The third kappa shape index (κ3) is 4.43. The van der Waals surface area contributed by atoms with E-state index in [2.05, 4.69) is 28.8 Å². The van der Waals surface area contributed by atoms with Gasteiger partial charge in [-0.05, 0) is 59.7 Å². The van der Waals surface area contributed by atoms with Crippen molar-refractivity contribution in [3.8, 4) is 11.5 Å². The van der Waals surface area contributed by atoms with E-state index in [9.17, 15) is 10.2 Å². The SMILES string of the molecule is Oc1ccc(NCc2cccc(CNc3ccc(O)cc3)c2)cc1. The average molecular weight is 320 g/mol. The lowest BCUT2D eigenvalue weighted by molar-refractivity contribution is 0.475. The summed E-state index contributed by atoms with van der Waals surface area (Å²) < 4.78 is 0. The lowest BCUT2D eigenvalue weighted by Crippen LogP contribution is -2.02. The fourth-order valence-corrected chi connectivity index (χ4v) is 2.42. The smallest absolute Gasteiger partial charge is 0.115 e. The second-order valence-electron chi connectivity index (χ2n) is 5.62. The molecule has 122 valence electrons. The van der Waals surface area contributed by atoms with Crippen LogP contribution in [0.3, 0.4) is 0 Å². The molecular weight excluding hydrogens is 300 g/mol. The molecule has 0 spiro atoms. The van der Waals surface area contributed by atoms with E-state index in [0.29, 0.717) is 0 Å². The van der Waals surface area contributed by atoms with Crippen LogP contribution in [0.15, 0.2) is 72.8 Å². The van der Waals surface area contributed by atoms with Crippen molar-refractivity contribution < 1.29 is 10.2 Å². The minimum atomic E-state index is 0.267. The summed E-state index contributed by atoms with van der Waals surface area (Å²) >= 11 is 0. The van der Waals surface area contributed by atoms with Crippen LogP contribution in [0.1, 0.15) is 11.1 Å². The standard InChI is InChI=1S/C20H20N2O2/c23-19-8-4-17(5-9-19)21-13-15-2-1-3-16(12-15)14-22-18-6-10-20(24)11-7-18/h1-12,21-24H,13-14H2. The van der Waals surface area contributed by atoms with Gasteiger partial charge in [0.05, 0.1) is 0 Å². The molecule has 3 aromatic carbocycles. The maximum Gasteiger partial charge on any atom is 0.115 e. The van der Waals surface area contributed by atoms with Crippen molar-refractivity contribution in [2.45, 2.75) is 13.1 Å². The average Bonchev–Trinajstić information content (AvgIpc) is 2.61. The Morgan fingerprint density at radius 2 is 1.00 bits per heavy atom. The summed E-state index contributed by atoms with van der Waals surface area (Å²) in [7, 11) is 0. The lowest BCUT2D eigenvalue weighted by atomic mass is 10.1. The van der Waals surface area contributed by atoms with Crippen LogP contribution in [0, 0.1) is 0 Å². The molecule has 0 fully saturated rings. The Morgan fingerprint density at radius 1 is 0.583 bits per heavy atom. The number of anilines is 2. The highest BCUT2D eigenvalue weighted by atomic mass is 16.3. The zero-order valence-corrected chi connectivity index (χ0v) is 13.2. The minimum Gasteiger partial charge on any atom is -0.508 e. The summed E-state index contributed by atoms with van der Waals surface area (Å²) in [6.45, 7) is 1.44. The van der Waals surface area contributed by atoms with Crippen LogP contribution in [-0.2, 0) is 13.1 Å². The summed E-state index contributed by atoms with van der Waals surface area (Å²) in [4.78, 5) is 0. The topological polar surface area (TPSA) is 64.5 Å². The van der Waals surface area contributed by atoms with Gasteiger partial charge in [-0.2, -0.15) is 0 Å². The largest absolute Gasteiger partial charge is 0.508 e. The molecule has 3 rings (SSSR count). The molecule has 0 unspecified atom stereocenters. The molecule has 0 aromatic heterocycles. The molecule has 0 bridgehead atoms. The molecule has 0 radical (unpaired) electrons. The molecule has 0 saturated carbocycles. The van der Waals surface area contributed by atoms with Crippen molar-refractivity contribution in [2.75, 3.05) is 10.6 Å². The quantitative estimate of drug-likeness (QED) is 0.511. The second-order valence-corrected chi connectivity index (χ2v) is 5.62. The van der Waals surface area contributed by atoms with E-state index in [4.69, 9.17) is 0 Å². The molecule has 0 aliphatic rings. The summed E-state index contributed by atoms with van der Waals surface area (Å²) in [6, 6.07) is 22.4. The molecule has 0 amide bonds. The summed E-state index contributed by atoms with van der Waals surface area (Å²) in [5.74, 6) is 0.533. The van der Waals surface area contributed by atoms with E-state index < -0.39 is 0 Å². The highest BCUT2D eigenvalue weighted by Crippen LogP contribution is 2.17. The fourth-order valence-electron chi connectivity index (χ4n) is 2.42. The molecule has 0 saturated heterocycles. The molecular formula is C20H20N2O2. The first-order valence-electron chi connectivity index (χ1n) is 7.83. The number of benzene rings is 3. The van der Waals surface area contributed by atoms with Gasteiger partial charge in [0, 0.05) is 24.5 Å². The van der Waals surface area contributed by atoms with Crippen molar-refractivity contribution >= 4 is 11.4 Å². The van der Waals surface area contributed by atoms with Crippen LogP contribution < -0.4 is 10.6 Å². The first kappa shape index (κ1) is 15.7. The van der Waals surface area contributed by atoms with Gasteiger partial charge in [-0.3, -0.25) is 0 Å². The van der Waals surface area contributed by atoms with Gasteiger partial charge in [0.2, 0.25) is 0 Å². The predicted octanol–water partition coefficient (Wildman–Crippen LogP) is 4.32. The lowest BCUT2D eigenvalue weighted by Gasteiger charge is -2.10. The highest BCUT2D eigenvalue weighted by molar-refractivity contribution is 5.48. The van der Waals surface area contributed by atoms with Crippen LogP contribution in [-0.4, -0.2) is 10.2 Å². The summed E-state index contributed by atoms with van der Waals surface area (Å²) in [5, 5.41) is 25.3. The predicted molar refractivity (Wildman–Crippen MR) is 97.3 cm³/mol. The molecule has 0 atom stereocenters. The van der Waals surface area contributed by atoms with Crippen LogP contribution >= 0.6 is 0 Å². The molecule has 0 aliphatic heterocycles. The number of phenols is 2. The van der Waals surface area contributed by atoms with Crippen molar-refractivity contribution in [2.24, 2.45) is 0 Å². The van der Waals surface area contributed by atoms with Gasteiger partial charge in [0.25, 0.3) is 0 Å². The van der Waals surface area contributed by atoms with E-state index in [-0.39, 0.29) is 11.5 Å². The Balaban J connectivity index is 1.57. The Morgan fingerprint density at radius 3 is 1.42 bits per heavy atom. The van der Waals surface area contributed by atoms with Crippen molar-refractivity contribution in [3.63, 3.8) is 0 Å². The normalized spacial score (nSPS) is 10.3. The molecule has 4 nitrogen and oxygen atoms in total. The van der Waals surface area contributed by atoms with Crippen molar-refractivity contribution in [1.29, 1.82) is 0 Å². The van der Waals surface area contributed by atoms with Crippen molar-refractivity contribution in [1.82, 2.24) is 0 Å². The van der Waals surface area contributed by atoms with E-state index >= 15 is 0 Å². The Bertz CT molecular complexity index is 719. The molecule has 4 heteroatoms. The van der Waals surface area contributed by atoms with Gasteiger partial charge >= 0.3 is 0 Å². The fraction of sp³-hybridized carbons (Fsp3) is 0.100. The van der Waals surface area contributed by atoms with Crippen molar-refractivity contribution in [3.05, 3.63) is 83.9 Å². The van der Waals surface area contributed by atoms with E-state index in [1.807, 2.05) is 30.3 Å². The van der Waals surface area contributed by atoms with Crippen LogP contribution in [0.4, 0.5) is 11.4 Å². The molecule has 0 aliphatic carbocycles. The van der Waals surface area contributed by atoms with E-state index in [0.717, 1.165) is 24.5 Å². The molecule has 0 heterocycles.